The largest absolute Gasteiger partial charge is 0.481 e. The standard InChI is InChI=1S/C16H19N3O2/c20-15(21)13-7-3-1-5-11(13)9-17-16-18-10-12-6-2-4-8-14(12)19-16/h2,4,6,8,10-11,13H,1,3,5,7,9H2,(H,20,21)(H,17,18,19). The van der Waals surface area contributed by atoms with Gasteiger partial charge in [-0.1, -0.05) is 31.0 Å². The average Bonchev–Trinajstić information content (AvgIpc) is 2.53. The Kier molecular flexibility index (Phi) is 3.99. The molecule has 2 N–H and O–H groups in total. The Morgan fingerprint density at radius 3 is 2.95 bits per heavy atom. The molecular weight excluding hydrogens is 266 g/mol. The summed E-state index contributed by atoms with van der Waals surface area (Å²) in [5.41, 5.74) is 0.897. The van der Waals surface area contributed by atoms with E-state index >= 15 is 0 Å². The van der Waals surface area contributed by atoms with Crippen LogP contribution in [0.15, 0.2) is 30.5 Å². The Labute approximate surface area is 123 Å². The monoisotopic (exact) mass is 285 g/mol. The molecule has 1 heterocycles. The molecule has 5 heteroatoms. The van der Waals surface area contributed by atoms with Crippen LogP contribution >= 0.6 is 0 Å². The molecule has 2 unspecified atom stereocenters. The van der Waals surface area contributed by atoms with Crippen LogP contribution in [0.3, 0.4) is 0 Å². The summed E-state index contributed by atoms with van der Waals surface area (Å²) in [6.07, 6.45) is 5.65. The Balaban J connectivity index is 1.69. The third kappa shape index (κ3) is 3.12. The molecule has 0 radical (unpaired) electrons. The van der Waals surface area contributed by atoms with E-state index in [4.69, 9.17) is 0 Å². The van der Waals surface area contributed by atoms with Gasteiger partial charge >= 0.3 is 5.97 Å². The first-order chi connectivity index (χ1) is 10.2. The van der Waals surface area contributed by atoms with Crippen LogP contribution in [-0.4, -0.2) is 27.6 Å². The van der Waals surface area contributed by atoms with Gasteiger partial charge in [-0.15, -0.1) is 0 Å². The smallest absolute Gasteiger partial charge is 0.306 e. The van der Waals surface area contributed by atoms with Gasteiger partial charge < -0.3 is 10.4 Å². The van der Waals surface area contributed by atoms with Gasteiger partial charge in [0.05, 0.1) is 11.4 Å². The molecule has 0 saturated heterocycles. The second-order valence-electron chi connectivity index (χ2n) is 5.62. The highest BCUT2D eigenvalue weighted by Crippen LogP contribution is 2.30. The van der Waals surface area contributed by atoms with Gasteiger partial charge in [0.1, 0.15) is 0 Å². The highest BCUT2D eigenvalue weighted by atomic mass is 16.4. The number of carbonyl (C=O) groups is 1. The molecule has 2 atom stereocenters. The van der Waals surface area contributed by atoms with Crippen LogP contribution in [0.4, 0.5) is 5.95 Å². The van der Waals surface area contributed by atoms with Crippen LogP contribution in [0.5, 0.6) is 0 Å². The van der Waals surface area contributed by atoms with Gasteiger partial charge in [0.15, 0.2) is 0 Å². The Bertz CT molecular complexity index is 644. The molecule has 1 aromatic carbocycles. The van der Waals surface area contributed by atoms with Crippen LogP contribution in [0, 0.1) is 11.8 Å². The summed E-state index contributed by atoms with van der Waals surface area (Å²) in [7, 11) is 0. The first-order valence-electron chi connectivity index (χ1n) is 7.42. The van der Waals surface area contributed by atoms with Crippen molar-refractivity contribution in [1.82, 2.24) is 9.97 Å². The number of aromatic nitrogens is 2. The van der Waals surface area contributed by atoms with Crippen molar-refractivity contribution in [2.24, 2.45) is 11.8 Å². The van der Waals surface area contributed by atoms with Gasteiger partial charge in [-0.2, -0.15) is 0 Å². The lowest BCUT2D eigenvalue weighted by Gasteiger charge is -2.28. The molecule has 1 fully saturated rings. The lowest BCUT2D eigenvalue weighted by atomic mass is 9.79. The third-order valence-corrected chi connectivity index (χ3v) is 4.24. The minimum atomic E-state index is -0.680. The summed E-state index contributed by atoms with van der Waals surface area (Å²) in [4.78, 5) is 20.0. The summed E-state index contributed by atoms with van der Waals surface area (Å²) >= 11 is 0. The molecule has 5 nitrogen and oxygen atoms in total. The van der Waals surface area contributed by atoms with Gasteiger partial charge in [-0.3, -0.25) is 4.79 Å². The minimum Gasteiger partial charge on any atom is -0.481 e. The fourth-order valence-corrected chi connectivity index (χ4v) is 3.06. The van der Waals surface area contributed by atoms with Gasteiger partial charge in [-0.05, 0) is 24.8 Å². The molecule has 1 aliphatic rings. The topological polar surface area (TPSA) is 75.1 Å². The molecular formula is C16H19N3O2. The number of aliphatic carboxylic acids is 1. The van der Waals surface area contributed by atoms with Crippen molar-refractivity contribution in [2.45, 2.75) is 25.7 Å². The van der Waals surface area contributed by atoms with Crippen molar-refractivity contribution in [2.75, 3.05) is 11.9 Å². The molecule has 1 saturated carbocycles. The number of anilines is 1. The average molecular weight is 285 g/mol. The van der Waals surface area contributed by atoms with Crippen LogP contribution in [-0.2, 0) is 4.79 Å². The number of rotatable bonds is 4. The number of nitrogens with zero attached hydrogens (tertiary/aromatic N) is 2. The van der Waals surface area contributed by atoms with E-state index in [0.29, 0.717) is 12.5 Å². The molecule has 21 heavy (non-hydrogen) atoms. The molecule has 110 valence electrons. The van der Waals surface area contributed by atoms with E-state index in [9.17, 15) is 9.90 Å². The highest BCUT2D eigenvalue weighted by Gasteiger charge is 2.30. The van der Waals surface area contributed by atoms with E-state index in [0.717, 1.165) is 36.6 Å². The van der Waals surface area contributed by atoms with Crippen molar-refractivity contribution in [3.63, 3.8) is 0 Å². The van der Waals surface area contributed by atoms with Crippen molar-refractivity contribution in [1.29, 1.82) is 0 Å². The maximum atomic E-state index is 11.3. The quantitative estimate of drug-likeness (QED) is 0.903. The predicted octanol–water partition coefficient (Wildman–Crippen LogP) is 2.93. The van der Waals surface area contributed by atoms with E-state index in [1.54, 1.807) is 6.20 Å². The molecule has 1 aromatic heterocycles. The second-order valence-corrected chi connectivity index (χ2v) is 5.62. The molecule has 2 aromatic rings. The molecule has 0 aliphatic heterocycles. The predicted molar refractivity (Wildman–Crippen MR) is 81.1 cm³/mol. The Hall–Kier alpha value is -2.17. The Morgan fingerprint density at radius 1 is 1.29 bits per heavy atom. The Morgan fingerprint density at radius 2 is 2.10 bits per heavy atom. The van der Waals surface area contributed by atoms with Crippen molar-refractivity contribution in [3.8, 4) is 0 Å². The first kappa shape index (κ1) is 13.8. The lowest BCUT2D eigenvalue weighted by molar-refractivity contribution is -0.144. The number of fused-ring (bicyclic) bond motifs is 1. The zero-order chi connectivity index (χ0) is 14.7. The van der Waals surface area contributed by atoms with Crippen molar-refractivity contribution in [3.05, 3.63) is 30.5 Å². The van der Waals surface area contributed by atoms with Crippen LogP contribution in [0.2, 0.25) is 0 Å². The highest BCUT2D eigenvalue weighted by molar-refractivity contribution is 5.78. The zero-order valence-electron chi connectivity index (χ0n) is 11.8. The van der Waals surface area contributed by atoms with Gasteiger partial charge in [0.25, 0.3) is 0 Å². The van der Waals surface area contributed by atoms with E-state index in [2.05, 4.69) is 15.3 Å². The minimum absolute atomic E-state index is 0.159. The fraction of sp³-hybridized carbons (Fsp3) is 0.438. The number of hydrogen-bond donors (Lipinski definition) is 2. The number of carboxylic acid groups (broad SMARTS) is 1. The number of benzene rings is 1. The number of hydrogen-bond acceptors (Lipinski definition) is 4. The second kappa shape index (κ2) is 6.08. The number of nitrogens with one attached hydrogen (secondary N) is 1. The van der Waals surface area contributed by atoms with E-state index in [1.165, 1.54) is 0 Å². The van der Waals surface area contributed by atoms with E-state index in [-0.39, 0.29) is 11.8 Å². The molecule has 1 aliphatic carbocycles. The van der Waals surface area contributed by atoms with Gasteiger partial charge in [0, 0.05) is 18.1 Å². The molecule has 0 bridgehead atoms. The SMILES string of the molecule is O=C(O)C1CCCCC1CNc1ncc2ccccc2n1. The number of carboxylic acids is 1. The first-order valence-corrected chi connectivity index (χ1v) is 7.42. The van der Waals surface area contributed by atoms with Crippen LogP contribution in [0.1, 0.15) is 25.7 Å². The van der Waals surface area contributed by atoms with Gasteiger partial charge in [-0.25, -0.2) is 9.97 Å². The fourth-order valence-electron chi connectivity index (χ4n) is 3.06. The molecule has 0 amide bonds. The summed E-state index contributed by atoms with van der Waals surface area (Å²) in [5, 5.41) is 13.5. The zero-order valence-corrected chi connectivity index (χ0v) is 11.8. The summed E-state index contributed by atoms with van der Waals surface area (Å²) < 4.78 is 0. The summed E-state index contributed by atoms with van der Waals surface area (Å²) in [5.74, 6) is -0.192. The maximum absolute atomic E-state index is 11.3. The van der Waals surface area contributed by atoms with E-state index in [1.807, 2.05) is 24.3 Å². The summed E-state index contributed by atoms with van der Waals surface area (Å²) in [6, 6.07) is 7.82. The maximum Gasteiger partial charge on any atom is 0.306 e. The van der Waals surface area contributed by atoms with Crippen LogP contribution < -0.4 is 5.32 Å². The van der Waals surface area contributed by atoms with Gasteiger partial charge in [0.2, 0.25) is 5.95 Å². The van der Waals surface area contributed by atoms with E-state index < -0.39 is 5.97 Å². The molecule has 0 spiro atoms. The van der Waals surface area contributed by atoms with Crippen molar-refractivity contribution < 1.29 is 9.90 Å². The third-order valence-electron chi connectivity index (χ3n) is 4.24. The van der Waals surface area contributed by atoms with Crippen LogP contribution in [0.25, 0.3) is 10.9 Å². The normalized spacial score (nSPS) is 22.1. The number of para-hydroxylation sites is 1. The summed E-state index contributed by atoms with van der Waals surface area (Å²) in [6.45, 7) is 0.620. The van der Waals surface area contributed by atoms with Crippen molar-refractivity contribution >= 4 is 22.8 Å². The lowest BCUT2D eigenvalue weighted by Crippen LogP contribution is -2.32. The molecule has 3 rings (SSSR count).